The van der Waals surface area contributed by atoms with Gasteiger partial charge in [0.25, 0.3) is 0 Å². The lowest BCUT2D eigenvalue weighted by Crippen LogP contribution is -2.44. The topological polar surface area (TPSA) is 36.9 Å². The van der Waals surface area contributed by atoms with E-state index in [0.717, 1.165) is 31.2 Å². The van der Waals surface area contributed by atoms with Crippen molar-refractivity contribution in [3.05, 3.63) is 52.2 Å². The Bertz CT molecular complexity index is 680. The smallest absolute Gasteiger partial charge is 0.193 e. The van der Waals surface area contributed by atoms with Crippen molar-refractivity contribution in [3.63, 3.8) is 0 Å². The zero-order valence-electron chi connectivity index (χ0n) is 15.9. The molecule has 0 saturated carbocycles. The van der Waals surface area contributed by atoms with Crippen molar-refractivity contribution >= 4 is 17.3 Å². The van der Waals surface area contributed by atoms with Crippen LogP contribution in [0.25, 0.3) is 0 Å². The summed E-state index contributed by atoms with van der Waals surface area (Å²) >= 11 is 1.80. The van der Waals surface area contributed by atoms with Crippen LogP contribution in [0.15, 0.2) is 46.8 Å². The summed E-state index contributed by atoms with van der Waals surface area (Å²) in [7, 11) is 5.62. The molecule has 25 heavy (non-hydrogen) atoms. The van der Waals surface area contributed by atoms with Crippen LogP contribution in [0, 0.1) is 0 Å². The molecule has 0 spiro atoms. The molecular weight excluding hydrogens is 330 g/mol. The van der Waals surface area contributed by atoms with Crippen LogP contribution in [0.2, 0.25) is 0 Å². The van der Waals surface area contributed by atoms with Gasteiger partial charge in [0, 0.05) is 37.5 Å². The zero-order chi connectivity index (χ0) is 18.3. The van der Waals surface area contributed by atoms with Crippen LogP contribution < -0.4 is 10.1 Å². The van der Waals surface area contributed by atoms with E-state index in [1.54, 1.807) is 18.4 Å². The number of thiophene rings is 1. The fourth-order valence-corrected chi connectivity index (χ4v) is 3.37. The first-order valence-corrected chi connectivity index (χ1v) is 9.43. The summed E-state index contributed by atoms with van der Waals surface area (Å²) in [5, 5.41) is 5.64. The fourth-order valence-electron chi connectivity index (χ4n) is 2.67. The summed E-state index contributed by atoms with van der Waals surface area (Å²) in [5.41, 5.74) is 1.22. The molecular formula is C20H29N3OS. The average Bonchev–Trinajstić information content (AvgIpc) is 3.14. The van der Waals surface area contributed by atoms with Crippen molar-refractivity contribution < 1.29 is 4.74 Å². The molecule has 1 heterocycles. The van der Waals surface area contributed by atoms with Crippen LogP contribution in [0.5, 0.6) is 5.75 Å². The van der Waals surface area contributed by atoms with Gasteiger partial charge in [0.1, 0.15) is 5.75 Å². The second kappa shape index (κ2) is 8.90. The summed E-state index contributed by atoms with van der Waals surface area (Å²) in [6.45, 7) is 6.21. The largest absolute Gasteiger partial charge is 0.497 e. The van der Waals surface area contributed by atoms with Gasteiger partial charge in [0.2, 0.25) is 0 Å². The van der Waals surface area contributed by atoms with Crippen molar-refractivity contribution in [2.45, 2.75) is 25.7 Å². The van der Waals surface area contributed by atoms with Crippen molar-refractivity contribution in [2.75, 3.05) is 34.3 Å². The molecule has 0 fully saturated rings. The van der Waals surface area contributed by atoms with Gasteiger partial charge in [-0.05, 0) is 35.6 Å². The van der Waals surface area contributed by atoms with Gasteiger partial charge in [-0.3, -0.25) is 4.99 Å². The minimum atomic E-state index is -0.0287. The molecule has 0 radical (unpaired) electrons. The summed E-state index contributed by atoms with van der Waals surface area (Å²) in [4.78, 5) is 8.01. The highest BCUT2D eigenvalue weighted by Crippen LogP contribution is 2.25. The summed E-state index contributed by atoms with van der Waals surface area (Å²) < 4.78 is 5.35. The van der Waals surface area contributed by atoms with Crippen LogP contribution in [-0.4, -0.2) is 45.2 Å². The highest BCUT2D eigenvalue weighted by molar-refractivity contribution is 7.09. The van der Waals surface area contributed by atoms with E-state index in [4.69, 9.17) is 4.74 Å². The maximum atomic E-state index is 5.35. The number of aliphatic imine (C=N–C) groups is 1. The molecule has 1 aromatic carbocycles. The van der Waals surface area contributed by atoms with E-state index in [-0.39, 0.29) is 5.41 Å². The van der Waals surface area contributed by atoms with Crippen molar-refractivity contribution in [1.29, 1.82) is 0 Å². The van der Waals surface area contributed by atoms with E-state index in [0.29, 0.717) is 0 Å². The van der Waals surface area contributed by atoms with Crippen molar-refractivity contribution in [1.82, 2.24) is 10.2 Å². The fraction of sp³-hybridized carbons (Fsp3) is 0.450. The first kappa shape index (κ1) is 19.3. The summed E-state index contributed by atoms with van der Waals surface area (Å²) in [5.74, 6) is 1.82. The second-order valence-corrected chi connectivity index (χ2v) is 7.80. The number of likely N-dealkylation sites (N-methyl/N-ethyl adjacent to an activating group) is 1. The predicted octanol–water partition coefficient (Wildman–Crippen LogP) is 3.78. The Kier molecular flexibility index (Phi) is 6.88. The molecule has 0 aliphatic carbocycles. The molecule has 2 aromatic rings. The van der Waals surface area contributed by atoms with Crippen molar-refractivity contribution in [2.24, 2.45) is 4.99 Å². The van der Waals surface area contributed by atoms with Crippen LogP contribution in [0.1, 0.15) is 24.3 Å². The molecule has 2 rings (SSSR count). The first-order chi connectivity index (χ1) is 12.0. The highest BCUT2D eigenvalue weighted by Gasteiger charge is 2.22. The van der Waals surface area contributed by atoms with Gasteiger partial charge < -0.3 is 15.0 Å². The minimum absolute atomic E-state index is 0.0287. The maximum absolute atomic E-state index is 5.35. The van der Waals surface area contributed by atoms with Crippen molar-refractivity contribution in [3.8, 4) is 5.75 Å². The van der Waals surface area contributed by atoms with Gasteiger partial charge in [-0.2, -0.15) is 0 Å². The minimum Gasteiger partial charge on any atom is -0.497 e. The van der Waals surface area contributed by atoms with Gasteiger partial charge in [-0.25, -0.2) is 0 Å². The van der Waals surface area contributed by atoms with E-state index in [9.17, 15) is 0 Å². The normalized spacial score (nSPS) is 12.1. The van der Waals surface area contributed by atoms with Gasteiger partial charge >= 0.3 is 0 Å². The Balaban J connectivity index is 1.94. The number of benzene rings is 1. The van der Waals surface area contributed by atoms with Crippen LogP contribution in [-0.2, 0) is 11.8 Å². The standard InChI is InChI=1S/C20H29N3OS/c1-20(2,16-8-6-9-17(14-16)24-5)15-22-19(21-3)23(4)12-11-18-10-7-13-25-18/h6-10,13-14H,11-12,15H2,1-5H3,(H,21,22). The molecule has 0 saturated heterocycles. The number of hydrogen-bond donors (Lipinski definition) is 1. The SMILES string of the molecule is CN=C(NCC(C)(C)c1cccc(OC)c1)N(C)CCc1cccs1. The number of methoxy groups -OCH3 is 1. The Morgan fingerprint density at radius 2 is 2.08 bits per heavy atom. The van der Waals surface area contributed by atoms with Crippen LogP contribution >= 0.6 is 11.3 Å². The molecule has 0 bridgehead atoms. The van der Waals surface area contributed by atoms with E-state index < -0.39 is 0 Å². The van der Waals surface area contributed by atoms with E-state index in [1.165, 1.54) is 10.4 Å². The summed E-state index contributed by atoms with van der Waals surface area (Å²) in [6, 6.07) is 12.5. The molecule has 0 amide bonds. The van der Waals surface area contributed by atoms with Gasteiger partial charge in [0.15, 0.2) is 5.96 Å². The maximum Gasteiger partial charge on any atom is 0.193 e. The van der Waals surface area contributed by atoms with Crippen LogP contribution in [0.4, 0.5) is 0 Å². The lowest BCUT2D eigenvalue weighted by Gasteiger charge is -2.29. The molecule has 1 N–H and O–H groups in total. The quantitative estimate of drug-likeness (QED) is 0.604. The average molecular weight is 360 g/mol. The number of nitrogens with zero attached hydrogens (tertiary/aromatic N) is 2. The Morgan fingerprint density at radius 1 is 1.28 bits per heavy atom. The predicted molar refractivity (Wildman–Crippen MR) is 108 cm³/mol. The van der Waals surface area contributed by atoms with E-state index >= 15 is 0 Å². The van der Waals surface area contributed by atoms with Crippen LogP contribution in [0.3, 0.4) is 0 Å². The highest BCUT2D eigenvalue weighted by atomic mass is 32.1. The lowest BCUT2D eigenvalue weighted by atomic mass is 9.84. The van der Waals surface area contributed by atoms with Gasteiger partial charge in [0.05, 0.1) is 7.11 Å². The number of hydrogen-bond acceptors (Lipinski definition) is 3. The molecule has 0 unspecified atom stereocenters. The monoisotopic (exact) mass is 359 g/mol. The summed E-state index contributed by atoms with van der Waals surface area (Å²) in [6.07, 6.45) is 1.04. The van der Waals surface area contributed by atoms with E-state index in [1.807, 2.05) is 19.2 Å². The molecule has 0 atom stereocenters. The number of rotatable bonds is 7. The molecule has 4 nitrogen and oxygen atoms in total. The third-order valence-electron chi connectivity index (χ3n) is 4.39. The molecule has 136 valence electrons. The second-order valence-electron chi connectivity index (χ2n) is 6.77. The molecule has 0 aliphatic heterocycles. The van der Waals surface area contributed by atoms with Gasteiger partial charge in [-0.15, -0.1) is 11.3 Å². The molecule has 1 aromatic heterocycles. The number of guanidine groups is 1. The zero-order valence-corrected chi connectivity index (χ0v) is 16.7. The van der Waals surface area contributed by atoms with Gasteiger partial charge in [-0.1, -0.05) is 32.0 Å². The lowest BCUT2D eigenvalue weighted by molar-refractivity contribution is 0.410. The molecule has 0 aliphatic rings. The Labute approximate surface area is 155 Å². The third-order valence-corrected chi connectivity index (χ3v) is 5.32. The Morgan fingerprint density at radius 3 is 2.72 bits per heavy atom. The number of nitrogens with one attached hydrogen (secondary N) is 1. The van der Waals surface area contributed by atoms with E-state index in [2.05, 4.69) is 65.7 Å². The number of ether oxygens (including phenoxy) is 1. The third kappa shape index (κ3) is 5.49. The first-order valence-electron chi connectivity index (χ1n) is 8.55. The Hall–Kier alpha value is -2.01. The molecule has 5 heteroatoms.